The fourth-order valence-electron chi connectivity index (χ4n) is 1.50. The molecule has 1 N–H and O–H groups in total. The van der Waals surface area contributed by atoms with E-state index in [9.17, 15) is 10.1 Å². The molecular formula is C9H12N4O2. The van der Waals surface area contributed by atoms with Gasteiger partial charge in [0.15, 0.2) is 0 Å². The van der Waals surface area contributed by atoms with Gasteiger partial charge in [-0.15, -0.1) is 0 Å². The lowest BCUT2D eigenvalue weighted by atomic mass is 10.3. The van der Waals surface area contributed by atoms with E-state index >= 15 is 0 Å². The van der Waals surface area contributed by atoms with E-state index in [2.05, 4.69) is 5.53 Å². The monoisotopic (exact) mass is 208 g/mol. The van der Waals surface area contributed by atoms with E-state index in [4.69, 9.17) is 0 Å². The van der Waals surface area contributed by atoms with Crippen molar-refractivity contribution in [3.63, 3.8) is 0 Å². The third kappa shape index (κ3) is 2.05. The number of hydrogen-bond acceptors (Lipinski definition) is 5. The molecule has 0 bridgehead atoms. The van der Waals surface area contributed by atoms with Gasteiger partial charge in [-0.2, -0.15) is 5.53 Å². The number of rotatable bonds is 2. The van der Waals surface area contributed by atoms with Crippen LogP contribution in [0.15, 0.2) is 24.3 Å². The van der Waals surface area contributed by atoms with Gasteiger partial charge in [-0.05, 0) is 12.1 Å². The van der Waals surface area contributed by atoms with Crippen LogP contribution in [0, 0.1) is 10.1 Å². The zero-order valence-electron chi connectivity index (χ0n) is 8.38. The lowest BCUT2D eigenvalue weighted by Crippen LogP contribution is -2.37. The standard InChI is InChI=1S/C9H12N4O2/c1-11-6-7-12(10-11)8-2-4-9(5-3-8)13(14)15/h2-5,10H,6-7H2,1H3. The molecule has 80 valence electrons. The quantitative estimate of drug-likeness (QED) is 0.574. The highest BCUT2D eigenvalue weighted by Crippen LogP contribution is 2.19. The number of nitrogens with zero attached hydrogens (tertiary/aromatic N) is 3. The molecule has 1 fully saturated rings. The first-order valence-electron chi connectivity index (χ1n) is 4.66. The highest BCUT2D eigenvalue weighted by Gasteiger charge is 2.16. The van der Waals surface area contributed by atoms with E-state index in [1.165, 1.54) is 12.1 Å². The third-order valence-electron chi connectivity index (χ3n) is 2.32. The smallest absolute Gasteiger partial charge is 0.269 e. The SMILES string of the molecule is CN1CCN(c2ccc([N+](=O)[O-])cc2)N1. The van der Waals surface area contributed by atoms with Gasteiger partial charge in [-0.3, -0.25) is 15.1 Å². The van der Waals surface area contributed by atoms with Crippen molar-refractivity contribution in [2.75, 3.05) is 25.1 Å². The molecular weight excluding hydrogens is 196 g/mol. The van der Waals surface area contributed by atoms with E-state index in [1.54, 1.807) is 12.1 Å². The van der Waals surface area contributed by atoms with Crippen molar-refractivity contribution in [3.05, 3.63) is 34.4 Å². The van der Waals surface area contributed by atoms with Gasteiger partial charge in [0.25, 0.3) is 5.69 Å². The van der Waals surface area contributed by atoms with Crippen LogP contribution in [-0.2, 0) is 0 Å². The van der Waals surface area contributed by atoms with Gasteiger partial charge < -0.3 is 0 Å². The van der Waals surface area contributed by atoms with Crippen molar-refractivity contribution in [3.8, 4) is 0 Å². The Bertz CT molecular complexity index is 365. The molecule has 0 radical (unpaired) electrons. The Morgan fingerprint density at radius 2 is 2.00 bits per heavy atom. The fraction of sp³-hybridized carbons (Fsp3) is 0.333. The molecule has 6 nitrogen and oxygen atoms in total. The minimum atomic E-state index is -0.396. The normalized spacial score (nSPS) is 17.0. The largest absolute Gasteiger partial charge is 0.294 e. The number of hydrogen-bond donors (Lipinski definition) is 1. The van der Waals surface area contributed by atoms with Crippen molar-refractivity contribution >= 4 is 11.4 Å². The summed E-state index contributed by atoms with van der Waals surface area (Å²) in [4.78, 5) is 10.1. The first-order chi connectivity index (χ1) is 7.16. The van der Waals surface area contributed by atoms with Crippen molar-refractivity contribution in [1.82, 2.24) is 10.5 Å². The molecule has 0 spiro atoms. The zero-order chi connectivity index (χ0) is 10.8. The minimum absolute atomic E-state index is 0.117. The van der Waals surface area contributed by atoms with E-state index < -0.39 is 4.92 Å². The molecule has 0 unspecified atom stereocenters. The van der Waals surface area contributed by atoms with E-state index in [0.29, 0.717) is 0 Å². The zero-order valence-corrected chi connectivity index (χ0v) is 8.38. The number of anilines is 1. The van der Waals surface area contributed by atoms with E-state index in [1.807, 2.05) is 17.1 Å². The van der Waals surface area contributed by atoms with Crippen LogP contribution in [-0.4, -0.2) is 30.1 Å². The Hall–Kier alpha value is -1.66. The maximum Gasteiger partial charge on any atom is 0.269 e. The topological polar surface area (TPSA) is 61.7 Å². The fourth-order valence-corrected chi connectivity index (χ4v) is 1.50. The van der Waals surface area contributed by atoms with Crippen molar-refractivity contribution < 1.29 is 4.92 Å². The summed E-state index contributed by atoms with van der Waals surface area (Å²) in [5.74, 6) is 0. The number of nitrogens with one attached hydrogen (secondary N) is 1. The summed E-state index contributed by atoms with van der Waals surface area (Å²) in [6.45, 7) is 1.80. The second kappa shape index (κ2) is 3.84. The van der Waals surface area contributed by atoms with Crippen LogP contribution in [0.2, 0.25) is 0 Å². The van der Waals surface area contributed by atoms with Crippen LogP contribution in [0.4, 0.5) is 11.4 Å². The molecule has 0 saturated carbocycles. The Morgan fingerprint density at radius 3 is 2.47 bits per heavy atom. The number of hydrazine groups is 2. The molecule has 1 aromatic carbocycles. The second-order valence-corrected chi connectivity index (χ2v) is 3.45. The molecule has 6 heteroatoms. The van der Waals surface area contributed by atoms with Gasteiger partial charge in [0.05, 0.1) is 10.6 Å². The van der Waals surface area contributed by atoms with Crippen LogP contribution in [0.1, 0.15) is 0 Å². The van der Waals surface area contributed by atoms with Crippen LogP contribution >= 0.6 is 0 Å². The van der Waals surface area contributed by atoms with Crippen LogP contribution in [0.25, 0.3) is 0 Å². The predicted octanol–water partition coefficient (Wildman–Crippen LogP) is 0.766. The summed E-state index contributed by atoms with van der Waals surface area (Å²) in [6.07, 6.45) is 0. The molecule has 1 heterocycles. The average molecular weight is 208 g/mol. The highest BCUT2D eigenvalue weighted by molar-refractivity contribution is 5.50. The Morgan fingerprint density at radius 1 is 1.33 bits per heavy atom. The molecule has 2 rings (SSSR count). The summed E-state index contributed by atoms with van der Waals surface area (Å²) in [6, 6.07) is 6.50. The van der Waals surface area contributed by atoms with Gasteiger partial charge >= 0.3 is 0 Å². The summed E-state index contributed by atoms with van der Waals surface area (Å²) >= 11 is 0. The third-order valence-corrected chi connectivity index (χ3v) is 2.32. The van der Waals surface area contributed by atoms with Gasteiger partial charge in [0.1, 0.15) is 0 Å². The van der Waals surface area contributed by atoms with E-state index in [0.717, 1.165) is 18.8 Å². The van der Waals surface area contributed by atoms with Crippen molar-refractivity contribution in [1.29, 1.82) is 0 Å². The van der Waals surface area contributed by atoms with Gasteiger partial charge in [-0.25, -0.2) is 5.01 Å². The average Bonchev–Trinajstić information content (AvgIpc) is 2.65. The van der Waals surface area contributed by atoms with E-state index in [-0.39, 0.29) is 5.69 Å². The highest BCUT2D eigenvalue weighted by atomic mass is 16.6. The maximum atomic E-state index is 10.5. The van der Waals surface area contributed by atoms with Crippen molar-refractivity contribution in [2.24, 2.45) is 0 Å². The first-order valence-corrected chi connectivity index (χ1v) is 4.66. The summed E-state index contributed by atoms with van der Waals surface area (Å²) in [5.41, 5.74) is 4.17. The number of likely N-dealkylation sites (N-methyl/N-ethyl adjacent to an activating group) is 1. The number of nitro groups is 1. The molecule has 1 aromatic rings. The first kappa shape index (κ1) is 9.88. The lowest BCUT2D eigenvalue weighted by Gasteiger charge is -2.18. The van der Waals surface area contributed by atoms with Crippen molar-refractivity contribution in [2.45, 2.75) is 0 Å². The molecule has 0 aromatic heterocycles. The predicted molar refractivity (Wildman–Crippen MR) is 56.2 cm³/mol. The van der Waals surface area contributed by atoms with Crippen LogP contribution in [0.5, 0.6) is 0 Å². The summed E-state index contributed by atoms with van der Waals surface area (Å²) in [7, 11) is 1.95. The number of benzene rings is 1. The Kier molecular flexibility index (Phi) is 2.53. The van der Waals surface area contributed by atoms with Gasteiger partial charge in [0, 0.05) is 32.3 Å². The minimum Gasteiger partial charge on any atom is -0.294 e. The summed E-state index contributed by atoms with van der Waals surface area (Å²) < 4.78 is 0. The Labute approximate surface area is 87.2 Å². The molecule has 0 atom stereocenters. The second-order valence-electron chi connectivity index (χ2n) is 3.45. The number of non-ortho nitro benzene ring substituents is 1. The maximum absolute atomic E-state index is 10.5. The van der Waals surface area contributed by atoms with Gasteiger partial charge in [-0.1, -0.05) is 0 Å². The summed E-state index contributed by atoms with van der Waals surface area (Å²) in [5, 5.41) is 14.4. The molecule has 0 aliphatic carbocycles. The molecule has 0 amide bonds. The van der Waals surface area contributed by atoms with Crippen LogP contribution < -0.4 is 10.5 Å². The molecule has 1 aliphatic heterocycles. The molecule has 1 saturated heterocycles. The molecule has 1 aliphatic rings. The van der Waals surface area contributed by atoms with Crippen LogP contribution in [0.3, 0.4) is 0 Å². The lowest BCUT2D eigenvalue weighted by molar-refractivity contribution is -0.384. The number of nitro benzene ring substituents is 1. The van der Waals surface area contributed by atoms with Gasteiger partial charge in [0.2, 0.25) is 0 Å². The molecule has 15 heavy (non-hydrogen) atoms. The Balaban J connectivity index is 2.13.